The van der Waals surface area contributed by atoms with Gasteiger partial charge in [0.05, 0.1) is 0 Å². The Labute approximate surface area is 53.0 Å². The van der Waals surface area contributed by atoms with Crippen LogP contribution in [0, 0.1) is 6.42 Å². The van der Waals surface area contributed by atoms with E-state index in [1.165, 1.54) is 0 Å². The Morgan fingerprint density at radius 3 is 2.56 bits per heavy atom. The van der Waals surface area contributed by atoms with Crippen LogP contribution in [0.25, 0.3) is 0 Å². The van der Waals surface area contributed by atoms with E-state index in [9.17, 15) is 9.59 Å². The molecule has 1 aliphatic rings. The summed E-state index contributed by atoms with van der Waals surface area (Å²) in [5.41, 5.74) is 0. The van der Waals surface area contributed by atoms with Crippen LogP contribution in [0.5, 0.6) is 0 Å². The molecule has 1 atom stereocenters. The topological polar surface area (TPSA) is 43.4 Å². The van der Waals surface area contributed by atoms with Crippen molar-refractivity contribution in [2.24, 2.45) is 0 Å². The second kappa shape index (κ2) is 2.27. The van der Waals surface area contributed by atoms with Gasteiger partial charge in [-0.3, -0.25) is 9.59 Å². The Kier molecular flexibility index (Phi) is 1.62. The van der Waals surface area contributed by atoms with Crippen LogP contribution < -0.4 is 0 Å². The van der Waals surface area contributed by atoms with Crippen molar-refractivity contribution in [3.63, 3.8) is 0 Å². The standard InChI is InChI=1S/C6H7O3/c1-2-5-6(8)4(7)3-9-5/h2,5H,3H2,1H3. The molecule has 1 saturated heterocycles. The predicted molar refractivity (Wildman–Crippen MR) is 29.7 cm³/mol. The molecule has 0 N–H and O–H groups in total. The molecule has 0 aromatic carbocycles. The molecule has 0 aliphatic carbocycles. The van der Waals surface area contributed by atoms with Crippen LogP contribution in [0.3, 0.4) is 0 Å². The lowest BCUT2D eigenvalue weighted by atomic mass is 10.2. The summed E-state index contributed by atoms with van der Waals surface area (Å²) in [5, 5.41) is 0. The fourth-order valence-corrected chi connectivity index (χ4v) is 0.719. The zero-order chi connectivity index (χ0) is 6.85. The monoisotopic (exact) mass is 127 g/mol. The lowest BCUT2D eigenvalue weighted by molar-refractivity contribution is -0.133. The van der Waals surface area contributed by atoms with Gasteiger partial charge in [-0.05, 0) is 6.42 Å². The van der Waals surface area contributed by atoms with Gasteiger partial charge in [0.15, 0.2) is 0 Å². The minimum Gasteiger partial charge on any atom is -0.361 e. The molecule has 1 fully saturated rings. The first-order valence-electron chi connectivity index (χ1n) is 2.74. The number of ether oxygens (including phenoxy) is 1. The smallest absolute Gasteiger partial charge is 0.229 e. The normalized spacial score (nSPS) is 27.4. The molecule has 0 amide bonds. The van der Waals surface area contributed by atoms with E-state index in [1.807, 2.05) is 0 Å². The molecule has 0 aromatic heterocycles. The van der Waals surface area contributed by atoms with Crippen molar-refractivity contribution >= 4 is 11.6 Å². The van der Waals surface area contributed by atoms with Crippen LogP contribution in [0.4, 0.5) is 0 Å². The van der Waals surface area contributed by atoms with Crippen molar-refractivity contribution in [2.45, 2.75) is 13.0 Å². The highest BCUT2D eigenvalue weighted by molar-refractivity contribution is 6.41. The molecule has 3 heteroatoms. The predicted octanol–water partition coefficient (Wildman–Crippen LogP) is -0.252. The van der Waals surface area contributed by atoms with E-state index in [4.69, 9.17) is 4.74 Å². The van der Waals surface area contributed by atoms with Gasteiger partial charge in [-0.2, -0.15) is 0 Å². The van der Waals surface area contributed by atoms with E-state index in [0.717, 1.165) is 0 Å². The maximum absolute atomic E-state index is 10.6. The van der Waals surface area contributed by atoms with Crippen molar-refractivity contribution in [1.29, 1.82) is 0 Å². The van der Waals surface area contributed by atoms with Gasteiger partial charge < -0.3 is 4.74 Å². The Bertz CT molecular complexity index is 150. The van der Waals surface area contributed by atoms with E-state index >= 15 is 0 Å². The van der Waals surface area contributed by atoms with Crippen LogP contribution >= 0.6 is 0 Å². The minimum atomic E-state index is -0.572. The summed E-state index contributed by atoms with van der Waals surface area (Å²) in [6, 6.07) is 0. The molecular weight excluding hydrogens is 120 g/mol. The molecule has 3 nitrogen and oxygen atoms in total. The van der Waals surface area contributed by atoms with Crippen molar-refractivity contribution in [3.8, 4) is 0 Å². The zero-order valence-corrected chi connectivity index (χ0v) is 5.09. The zero-order valence-electron chi connectivity index (χ0n) is 5.09. The number of rotatable bonds is 1. The molecule has 1 unspecified atom stereocenters. The van der Waals surface area contributed by atoms with E-state index in [2.05, 4.69) is 0 Å². The summed E-state index contributed by atoms with van der Waals surface area (Å²) in [6.45, 7) is 1.65. The van der Waals surface area contributed by atoms with Gasteiger partial charge in [-0.25, -0.2) is 0 Å². The van der Waals surface area contributed by atoms with Gasteiger partial charge in [0, 0.05) is 0 Å². The molecule has 9 heavy (non-hydrogen) atoms. The minimum absolute atomic E-state index is 0.0478. The molecule has 0 aromatic rings. The molecule has 49 valence electrons. The fourth-order valence-electron chi connectivity index (χ4n) is 0.719. The summed E-state index contributed by atoms with van der Waals surface area (Å²) >= 11 is 0. The van der Waals surface area contributed by atoms with Crippen molar-refractivity contribution in [3.05, 3.63) is 6.42 Å². The van der Waals surface area contributed by atoms with Gasteiger partial charge in [0.1, 0.15) is 12.7 Å². The summed E-state index contributed by atoms with van der Waals surface area (Å²) in [5.74, 6) is -0.837. The maximum Gasteiger partial charge on any atom is 0.229 e. The molecule has 0 spiro atoms. The Morgan fingerprint density at radius 1 is 1.67 bits per heavy atom. The SMILES string of the molecule is C[CH]C1OCC(=O)C1=O. The quantitative estimate of drug-likeness (QED) is 0.456. The Hall–Kier alpha value is -0.700. The largest absolute Gasteiger partial charge is 0.361 e. The van der Waals surface area contributed by atoms with Gasteiger partial charge >= 0.3 is 0 Å². The highest BCUT2D eigenvalue weighted by Gasteiger charge is 2.31. The van der Waals surface area contributed by atoms with Gasteiger partial charge in [-0.1, -0.05) is 6.92 Å². The van der Waals surface area contributed by atoms with Crippen LogP contribution in [0.15, 0.2) is 0 Å². The Morgan fingerprint density at radius 2 is 2.33 bits per heavy atom. The van der Waals surface area contributed by atoms with Crippen LogP contribution in [0.2, 0.25) is 0 Å². The molecule has 1 aliphatic heterocycles. The van der Waals surface area contributed by atoms with E-state index in [1.54, 1.807) is 13.3 Å². The van der Waals surface area contributed by atoms with Gasteiger partial charge in [-0.15, -0.1) is 0 Å². The summed E-state index contributed by atoms with van der Waals surface area (Å²) in [6.07, 6.45) is 1.00. The number of carbonyl (C=O) groups excluding carboxylic acids is 2. The third-order valence-electron chi connectivity index (χ3n) is 1.23. The number of hydrogen-bond donors (Lipinski definition) is 0. The highest BCUT2D eigenvalue weighted by atomic mass is 16.5. The van der Waals surface area contributed by atoms with Crippen LogP contribution in [-0.4, -0.2) is 24.3 Å². The van der Waals surface area contributed by atoms with Crippen molar-refractivity contribution < 1.29 is 14.3 Å². The van der Waals surface area contributed by atoms with E-state index in [-0.39, 0.29) is 6.61 Å². The van der Waals surface area contributed by atoms with Crippen molar-refractivity contribution in [1.82, 2.24) is 0 Å². The average Bonchev–Trinajstić information content (AvgIpc) is 2.15. The summed E-state index contributed by atoms with van der Waals surface area (Å²) < 4.78 is 4.77. The maximum atomic E-state index is 10.6. The first-order valence-corrected chi connectivity index (χ1v) is 2.74. The van der Waals surface area contributed by atoms with Gasteiger partial charge in [0.25, 0.3) is 0 Å². The van der Waals surface area contributed by atoms with E-state index in [0.29, 0.717) is 0 Å². The van der Waals surface area contributed by atoms with E-state index < -0.39 is 17.7 Å². The molecule has 0 saturated carbocycles. The third-order valence-corrected chi connectivity index (χ3v) is 1.23. The number of hydrogen-bond acceptors (Lipinski definition) is 3. The second-order valence-corrected chi connectivity index (χ2v) is 1.85. The van der Waals surface area contributed by atoms with Crippen LogP contribution in [-0.2, 0) is 14.3 Å². The third kappa shape index (κ3) is 1.00. The molecule has 0 bridgehead atoms. The first-order chi connectivity index (χ1) is 4.25. The molecule has 1 radical (unpaired) electrons. The molecular formula is C6H7O3. The lowest BCUT2D eigenvalue weighted by Crippen LogP contribution is -2.18. The first kappa shape index (κ1) is 6.42. The van der Waals surface area contributed by atoms with Gasteiger partial charge in [0.2, 0.25) is 11.6 Å². The van der Waals surface area contributed by atoms with Crippen LogP contribution in [0.1, 0.15) is 6.92 Å². The summed E-state index contributed by atoms with van der Waals surface area (Å²) in [7, 11) is 0. The molecule has 1 rings (SSSR count). The lowest BCUT2D eigenvalue weighted by Gasteiger charge is -1.98. The van der Waals surface area contributed by atoms with Crippen molar-refractivity contribution in [2.75, 3.05) is 6.61 Å². The fraction of sp³-hybridized carbons (Fsp3) is 0.500. The number of Topliss-reactive ketones (excluding diaryl/α,β-unsaturated/α-hetero) is 2. The summed E-state index contributed by atoms with van der Waals surface area (Å²) in [4.78, 5) is 21.1. The highest BCUT2D eigenvalue weighted by Crippen LogP contribution is 2.06. The second-order valence-electron chi connectivity index (χ2n) is 1.85. The number of ketones is 2. The Balaban J connectivity index is 2.62. The number of carbonyl (C=O) groups is 2. The molecule has 1 heterocycles. The average molecular weight is 127 g/mol.